The highest BCUT2D eigenvalue weighted by Gasteiger charge is 1.93. The van der Waals surface area contributed by atoms with Crippen molar-refractivity contribution < 1.29 is 0 Å². The third-order valence-corrected chi connectivity index (χ3v) is 2.77. The third kappa shape index (κ3) is 5.35. The molecule has 98 valence electrons. The maximum atomic E-state index is 7.07. The average Bonchev–Trinajstić information content (AvgIpc) is 2.41. The van der Waals surface area contributed by atoms with E-state index < -0.39 is 0 Å². The van der Waals surface area contributed by atoms with Crippen LogP contribution in [0.1, 0.15) is 11.1 Å². The van der Waals surface area contributed by atoms with Crippen LogP contribution < -0.4 is 11.5 Å². The number of nitrogens with two attached hydrogens (primary N) is 2. The Morgan fingerprint density at radius 3 is 1.53 bits per heavy atom. The first-order chi connectivity index (χ1) is 9.00. The van der Waals surface area contributed by atoms with Crippen molar-refractivity contribution in [2.75, 3.05) is 0 Å². The van der Waals surface area contributed by atoms with Crippen LogP contribution in [0.4, 0.5) is 0 Å². The van der Waals surface area contributed by atoms with Gasteiger partial charge in [-0.05, 0) is 12.1 Å². The fourth-order valence-corrected chi connectivity index (χ4v) is 1.51. The molecule has 0 spiro atoms. The van der Waals surface area contributed by atoms with Crippen molar-refractivity contribution in [3.05, 3.63) is 70.2 Å². The van der Waals surface area contributed by atoms with Crippen LogP contribution in [0.3, 0.4) is 0 Å². The molecule has 0 unspecified atom stereocenters. The van der Waals surface area contributed by atoms with Gasteiger partial charge in [-0.25, -0.2) is 0 Å². The molecular weight excluding hydrogens is 304 g/mol. The number of halogens is 1. The van der Waals surface area contributed by atoms with Crippen LogP contribution in [0.5, 0.6) is 0 Å². The molecule has 2 aromatic carbocycles. The third-order valence-electron chi connectivity index (χ3n) is 2.24. The fraction of sp³-hybridized carbons (Fsp3) is 0. The monoisotopic (exact) mass is 318 g/mol. The summed E-state index contributed by atoms with van der Waals surface area (Å²) in [6, 6.07) is 16.5. The van der Waals surface area contributed by atoms with Crippen LogP contribution in [-0.4, -0.2) is 11.7 Å². The highest BCUT2D eigenvalue weighted by atomic mass is 79.9. The van der Waals surface area contributed by atoms with Crippen LogP contribution >= 0.6 is 15.9 Å². The number of hydrogen-bond acceptors (Lipinski definition) is 2. The number of rotatable bonds is 2. The van der Waals surface area contributed by atoms with Crippen molar-refractivity contribution in [1.29, 1.82) is 10.8 Å². The van der Waals surface area contributed by atoms with Gasteiger partial charge in [0.1, 0.15) is 11.7 Å². The Morgan fingerprint density at radius 1 is 0.737 bits per heavy atom. The summed E-state index contributed by atoms with van der Waals surface area (Å²) in [6.45, 7) is 0. The molecule has 0 bridgehead atoms. The first kappa shape index (κ1) is 14.9. The van der Waals surface area contributed by atoms with E-state index in [1.165, 1.54) is 0 Å². The fourth-order valence-electron chi connectivity index (χ4n) is 1.25. The maximum absolute atomic E-state index is 7.07. The summed E-state index contributed by atoms with van der Waals surface area (Å²) in [5.41, 5.74) is 12.0. The molecule has 5 heteroatoms. The van der Waals surface area contributed by atoms with Gasteiger partial charge in [0.05, 0.1) is 0 Å². The maximum Gasteiger partial charge on any atom is 0.122 e. The molecule has 0 amide bonds. The van der Waals surface area contributed by atoms with E-state index in [0.29, 0.717) is 0 Å². The lowest BCUT2D eigenvalue weighted by Crippen LogP contribution is -2.10. The lowest BCUT2D eigenvalue weighted by Gasteiger charge is -1.95. The Hall–Kier alpha value is -2.14. The zero-order chi connectivity index (χ0) is 14.3. The van der Waals surface area contributed by atoms with Crippen molar-refractivity contribution >= 4 is 27.6 Å². The molecular formula is C14H15BrN4. The molecule has 0 heterocycles. The van der Waals surface area contributed by atoms with E-state index in [-0.39, 0.29) is 11.7 Å². The molecule has 0 saturated carbocycles. The minimum atomic E-state index is 0.104. The molecule has 0 radical (unpaired) electrons. The first-order valence-electron chi connectivity index (χ1n) is 5.50. The minimum absolute atomic E-state index is 0.104. The molecule has 0 aliphatic rings. The minimum Gasteiger partial charge on any atom is -0.384 e. The van der Waals surface area contributed by atoms with E-state index in [2.05, 4.69) is 15.9 Å². The summed E-state index contributed by atoms with van der Waals surface area (Å²) in [7, 11) is 0. The normalized spacial score (nSPS) is 9.11. The summed E-state index contributed by atoms with van der Waals surface area (Å²) in [5, 5.41) is 14.1. The largest absolute Gasteiger partial charge is 0.384 e. The molecule has 0 atom stereocenters. The second kappa shape index (κ2) is 7.33. The van der Waals surface area contributed by atoms with E-state index in [0.717, 1.165) is 15.6 Å². The molecule has 0 fully saturated rings. The SMILES string of the molecule is N=C(N)c1ccc(Br)cc1.N=C(N)c1ccccc1. The predicted molar refractivity (Wildman–Crippen MR) is 82.6 cm³/mol. The summed E-state index contributed by atoms with van der Waals surface area (Å²) in [4.78, 5) is 0. The standard InChI is InChI=1S/C7H7BrN2.C7H8N2/c8-6-3-1-5(2-4-6)7(9)10;8-7(9)6-4-2-1-3-5-6/h1-4H,(H3,9,10);1-5H,(H3,8,9). The topological polar surface area (TPSA) is 99.7 Å². The van der Waals surface area contributed by atoms with Crippen LogP contribution in [-0.2, 0) is 0 Å². The van der Waals surface area contributed by atoms with Gasteiger partial charge in [0, 0.05) is 15.6 Å². The quantitative estimate of drug-likeness (QED) is 0.505. The first-order valence-corrected chi connectivity index (χ1v) is 6.29. The zero-order valence-electron chi connectivity index (χ0n) is 10.2. The van der Waals surface area contributed by atoms with E-state index in [9.17, 15) is 0 Å². The molecule has 0 saturated heterocycles. The van der Waals surface area contributed by atoms with Crippen molar-refractivity contribution in [3.63, 3.8) is 0 Å². The molecule has 0 aliphatic carbocycles. The van der Waals surface area contributed by atoms with Crippen LogP contribution in [0.25, 0.3) is 0 Å². The number of nitrogen functional groups attached to an aromatic ring is 2. The summed E-state index contributed by atoms with van der Waals surface area (Å²) in [5.74, 6) is 0.225. The number of amidine groups is 2. The predicted octanol–water partition coefficient (Wildman–Crippen LogP) is 2.70. The van der Waals surface area contributed by atoms with Crippen molar-refractivity contribution in [1.82, 2.24) is 0 Å². The van der Waals surface area contributed by atoms with Crippen LogP contribution in [0.15, 0.2) is 59.1 Å². The Kier molecular flexibility index (Phi) is 5.75. The summed E-state index contributed by atoms with van der Waals surface area (Å²) < 4.78 is 0.998. The van der Waals surface area contributed by atoms with Gasteiger partial charge in [0.2, 0.25) is 0 Å². The van der Waals surface area contributed by atoms with Crippen LogP contribution in [0.2, 0.25) is 0 Å². The Bertz CT molecular complexity index is 549. The molecule has 0 aliphatic heterocycles. The van der Waals surface area contributed by atoms with Crippen molar-refractivity contribution in [2.45, 2.75) is 0 Å². The Labute approximate surface area is 120 Å². The van der Waals surface area contributed by atoms with Gasteiger partial charge in [0.15, 0.2) is 0 Å². The van der Waals surface area contributed by atoms with Gasteiger partial charge in [-0.3, -0.25) is 10.8 Å². The molecule has 4 nitrogen and oxygen atoms in total. The lowest BCUT2D eigenvalue weighted by atomic mass is 10.2. The number of hydrogen-bond donors (Lipinski definition) is 4. The second-order valence-electron chi connectivity index (χ2n) is 3.70. The van der Waals surface area contributed by atoms with Gasteiger partial charge in [-0.15, -0.1) is 0 Å². The molecule has 6 N–H and O–H groups in total. The molecule has 2 rings (SSSR count). The Morgan fingerprint density at radius 2 is 1.16 bits per heavy atom. The second-order valence-corrected chi connectivity index (χ2v) is 4.62. The highest BCUT2D eigenvalue weighted by molar-refractivity contribution is 9.10. The van der Waals surface area contributed by atoms with Crippen molar-refractivity contribution in [2.24, 2.45) is 11.5 Å². The van der Waals surface area contributed by atoms with Gasteiger partial charge < -0.3 is 11.5 Å². The molecule has 2 aromatic rings. The lowest BCUT2D eigenvalue weighted by molar-refractivity contribution is 1.42. The smallest absolute Gasteiger partial charge is 0.122 e. The van der Waals surface area contributed by atoms with E-state index in [1.54, 1.807) is 12.1 Å². The molecule has 0 aromatic heterocycles. The van der Waals surface area contributed by atoms with E-state index in [1.807, 2.05) is 42.5 Å². The summed E-state index contributed by atoms with van der Waals surface area (Å²) in [6.07, 6.45) is 0. The van der Waals surface area contributed by atoms with Crippen LogP contribution in [0, 0.1) is 10.8 Å². The van der Waals surface area contributed by atoms with Gasteiger partial charge in [-0.1, -0.05) is 58.4 Å². The average molecular weight is 319 g/mol. The van der Waals surface area contributed by atoms with Gasteiger partial charge >= 0.3 is 0 Å². The molecule has 19 heavy (non-hydrogen) atoms. The zero-order valence-corrected chi connectivity index (χ0v) is 11.8. The van der Waals surface area contributed by atoms with E-state index >= 15 is 0 Å². The number of nitrogens with one attached hydrogen (secondary N) is 2. The number of benzene rings is 2. The van der Waals surface area contributed by atoms with E-state index in [4.69, 9.17) is 22.3 Å². The Balaban J connectivity index is 0.000000191. The van der Waals surface area contributed by atoms with Gasteiger partial charge in [-0.2, -0.15) is 0 Å². The van der Waals surface area contributed by atoms with Gasteiger partial charge in [0.25, 0.3) is 0 Å². The highest BCUT2D eigenvalue weighted by Crippen LogP contribution is 2.09. The summed E-state index contributed by atoms with van der Waals surface area (Å²) >= 11 is 3.28. The van der Waals surface area contributed by atoms with Crippen molar-refractivity contribution in [3.8, 4) is 0 Å².